The summed E-state index contributed by atoms with van der Waals surface area (Å²) >= 11 is 0. The van der Waals surface area contributed by atoms with Gasteiger partial charge in [0.2, 0.25) is 0 Å². The van der Waals surface area contributed by atoms with Crippen molar-refractivity contribution in [3.63, 3.8) is 0 Å². The molecule has 0 radical (unpaired) electrons. The van der Waals surface area contributed by atoms with Crippen LogP contribution in [0.2, 0.25) is 0 Å². The number of methoxy groups -OCH3 is 1. The van der Waals surface area contributed by atoms with E-state index in [0.29, 0.717) is 0 Å². The molecule has 3 aromatic rings. The zero-order chi connectivity index (χ0) is 16.2. The van der Waals surface area contributed by atoms with Gasteiger partial charge in [-0.05, 0) is 48.5 Å². The minimum Gasteiger partial charge on any atom is -0.497 e. The van der Waals surface area contributed by atoms with Crippen molar-refractivity contribution in [1.82, 2.24) is 4.98 Å². The van der Waals surface area contributed by atoms with Crippen LogP contribution in [0, 0.1) is 0 Å². The Morgan fingerprint density at radius 1 is 0.957 bits per heavy atom. The number of rotatable bonds is 4. The van der Waals surface area contributed by atoms with Crippen molar-refractivity contribution in [3.8, 4) is 17.0 Å². The Hall–Kier alpha value is -3.01. The van der Waals surface area contributed by atoms with Crippen LogP contribution in [-0.4, -0.2) is 19.1 Å². The fourth-order valence-electron chi connectivity index (χ4n) is 2.41. The maximum absolute atomic E-state index is 5.86. The monoisotopic (exact) mass is 305 g/mol. The van der Waals surface area contributed by atoms with Crippen LogP contribution in [0.3, 0.4) is 0 Å². The highest BCUT2D eigenvalue weighted by Gasteiger charge is 2.08. The maximum Gasteiger partial charge on any atom is 0.133 e. The predicted molar refractivity (Wildman–Crippen MR) is 95.1 cm³/mol. The average Bonchev–Trinajstić information content (AvgIpc) is 2.61. The van der Waals surface area contributed by atoms with Gasteiger partial charge in [0.05, 0.1) is 12.8 Å². The summed E-state index contributed by atoms with van der Waals surface area (Å²) in [5.74, 6) is 1.71. The van der Waals surface area contributed by atoms with Crippen LogP contribution in [0.1, 0.15) is 0 Å². The van der Waals surface area contributed by atoms with E-state index in [0.717, 1.165) is 34.2 Å². The minimum absolute atomic E-state index is 0.734. The molecule has 0 atom stereocenters. The Bertz CT molecular complexity index is 800. The first kappa shape index (κ1) is 14.9. The summed E-state index contributed by atoms with van der Waals surface area (Å²) < 4.78 is 5.20. The number of pyridine rings is 1. The van der Waals surface area contributed by atoms with Crippen molar-refractivity contribution < 1.29 is 4.74 Å². The summed E-state index contributed by atoms with van der Waals surface area (Å²) in [7, 11) is 3.66. The molecule has 2 N–H and O–H groups in total. The second-order valence-corrected chi connectivity index (χ2v) is 5.26. The maximum atomic E-state index is 5.86. The van der Waals surface area contributed by atoms with E-state index < -0.39 is 0 Å². The van der Waals surface area contributed by atoms with Crippen LogP contribution < -0.4 is 15.4 Å². The van der Waals surface area contributed by atoms with Gasteiger partial charge in [0.15, 0.2) is 0 Å². The smallest absolute Gasteiger partial charge is 0.133 e. The Labute approximate surface area is 136 Å². The lowest BCUT2D eigenvalue weighted by Crippen LogP contribution is -2.11. The average molecular weight is 305 g/mol. The fraction of sp³-hybridized carbons (Fsp3) is 0.105. The Kier molecular flexibility index (Phi) is 4.15. The first-order chi connectivity index (χ1) is 11.2. The second-order valence-electron chi connectivity index (χ2n) is 5.26. The molecule has 0 saturated carbocycles. The first-order valence-corrected chi connectivity index (χ1v) is 7.38. The van der Waals surface area contributed by atoms with E-state index in [2.05, 4.69) is 0 Å². The number of benzene rings is 2. The largest absolute Gasteiger partial charge is 0.497 e. The number of hydrogen-bond donors (Lipinski definition) is 1. The molecule has 0 aliphatic heterocycles. The molecular weight excluding hydrogens is 286 g/mol. The van der Waals surface area contributed by atoms with Crippen LogP contribution in [0.15, 0.2) is 66.7 Å². The quantitative estimate of drug-likeness (QED) is 0.737. The first-order valence-electron chi connectivity index (χ1n) is 7.38. The topological polar surface area (TPSA) is 51.4 Å². The highest BCUT2D eigenvalue weighted by atomic mass is 16.5. The molecule has 0 amide bonds. The van der Waals surface area contributed by atoms with Crippen molar-refractivity contribution >= 4 is 17.2 Å². The van der Waals surface area contributed by atoms with Gasteiger partial charge in [-0.2, -0.15) is 0 Å². The molecule has 0 fully saturated rings. The number of aromatic nitrogens is 1. The molecule has 116 valence electrons. The van der Waals surface area contributed by atoms with Crippen LogP contribution in [0.5, 0.6) is 5.75 Å². The molecule has 0 aliphatic carbocycles. The SMILES string of the molecule is COc1ccc(N(C)c2cccc(-c3cccc(N)c3)n2)cc1. The Morgan fingerprint density at radius 2 is 1.70 bits per heavy atom. The Balaban J connectivity index is 1.92. The van der Waals surface area contributed by atoms with Gasteiger partial charge in [-0.1, -0.05) is 18.2 Å². The van der Waals surface area contributed by atoms with E-state index in [1.807, 2.05) is 78.7 Å². The number of nitrogens with zero attached hydrogens (tertiary/aromatic N) is 2. The van der Waals surface area contributed by atoms with E-state index in [-0.39, 0.29) is 0 Å². The number of ether oxygens (including phenoxy) is 1. The molecule has 3 rings (SSSR count). The lowest BCUT2D eigenvalue weighted by molar-refractivity contribution is 0.415. The Morgan fingerprint density at radius 3 is 2.39 bits per heavy atom. The third-order valence-electron chi connectivity index (χ3n) is 3.72. The van der Waals surface area contributed by atoms with Gasteiger partial charge >= 0.3 is 0 Å². The standard InChI is InChI=1S/C19H19N3O/c1-22(16-9-11-17(23-2)12-10-16)19-8-4-7-18(21-19)14-5-3-6-15(20)13-14/h3-13H,20H2,1-2H3. The summed E-state index contributed by atoms with van der Waals surface area (Å²) in [6, 6.07) is 21.6. The predicted octanol–water partition coefficient (Wildman–Crippen LogP) is 4.11. The molecule has 4 heteroatoms. The van der Waals surface area contributed by atoms with Gasteiger partial charge in [-0.15, -0.1) is 0 Å². The molecule has 1 heterocycles. The van der Waals surface area contributed by atoms with Crippen molar-refractivity contribution in [1.29, 1.82) is 0 Å². The summed E-state index contributed by atoms with van der Waals surface area (Å²) in [5.41, 5.74) is 9.55. The van der Waals surface area contributed by atoms with Crippen LogP contribution in [0.25, 0.3) is 11.3 Å². The van der Waals surface area contributed by atoms with Gasteiger partial charge < -0.3 is 15.4 Å². The van der Waals surface area contributed by atoms with Crippen molar-refractivity contribution in [2.24, 2.45) is 0 Å². The lowest BCUT2D eigenvalue weighted by atomic mass is 10.1. The highest BCUT2D eigenvalue weighted by molar-refractivity contribution is 5.67. The molecule has 0 bridgehead atoms. The van der Waals surface area contributed by atoms with Gasteiger partial charge in [-0.25, -0.2) is 4.98 Å². The van der Waals surface area contributed by atoms with E-state index in [1.54, 1.807) is 7.11 Å². The summed E-state index contributed by atoms with van der Waals surface area (Å²) in [5, 5.41) is 0. The van der Waals surface area contributed by atoms with E-state index in [1.165, 1.54) is 0 Å². The number of nitrogens with two attached hydrogens (primary N) is 1. The van der Waals surface area contributed by atoms with Gasteiger partial charge in [-0.3, -0.25) is 0 Å². The van der Waals surface area contributed by atoms with Crippen molar-refractivity contribution in [2.75, 3.05) is 24.8 Å². The van der Waals surface area contributed by atoms with Crippen LogP contribution in [0.4, 0.5) is 17.2 Å². The lowest BCUT2D eigenvalue weighted by Gasteiger charge is -2.19. The molecular formula is C19H19N3O. The summed E-state index contributed by atoms with van der Waals surface area (Å²) in [4.78, 5) is 6.78. The highest BCUT2D eigenvalue weighted by Crippen LogP contribution is 2.27. The van der Waals surface area contributed by atoms with E-state index >= 15 is 0 Å². The molecule has 2 aromatic carbocycles. The van der Waals surface area contributed by atoms with Crippen molar-refractivity contribution in [3.05, 3.63) is 66.7 Å². The molecule has 0 unspecified atom stereocenters. The minimum atomic E-state index is 0.734. The van der Waals surface area contributed by atoms with Crippen LogP contribution in [-0.2, 0) is 0 Å². The van der Waals surface area contributed by atoms with E-state index in [9.17, 15) is 0 Å². The molecule has 4 nitrogen and oxygen atoms in total. The fourth-order valence-corrected chi connectivity index (χ4v) is 2.41. The van der Waals surface area contributed by atoms with E-state index in [4.69, 9.17) is 15.5 Å². The van der Waals surface area contributed by atoms with Crippen molar-refractivity contribution in [2.45, 2.75) is 0 Å². The zero-order valence-corrected chi connectivity index (χ0v) is 13.2. The summed E-state index contributed by atoms with van der Waals surface area (Å²) in [6.07, 6.45) is 0. The normalized spacial score (nSPS) is 10.3. The van der Waals surface area contributed by atoms with Gasteiger partial charge in [0.25, 0.3) is 0 Å². The van der Waals surface area contributed by atoms with Crippen LogP contribution >= 0.6 is 0 Å². The summed E-state index contributed by atoms with van der Waals surface area (Å²) in [6.45, 7) is 0. The molecule has 1 aromatic heterocycles. The third-order valence-corrected chi connectivity index (χ3v) is 3.72. The molecule has 0 aliphatic rings. The zero-order valence-electron chi connectivity index (χ0n) is 13.2. The number of nitrogen functional groups attached to an aromatic ring is 1. The van der Waals surface area contributed by atoms with Gasteiger partial charge in [0, 0.05) is 24.0 Å². The number of anilines is 3. The number of hydrogen-bond acceptors (Lipinski definition) is 4. The van der Waals surface area contributed by atoms with Gasteiger partial charge in [0.1, 0.15) is 11.6 Å². The molecule has 0 saturated heterocycles. The molecule has 0 spiro atoms. The molecule has 23 heavy (non-hydrogen) atoms. The third kappa shape index (κ3) is 3.26. The second kappa shape index (κ2) is 6.40.